The summed E-state index contributed by atoms with van der Waals surface area (Å²) in [6, 6.07) is 6.42. The van der Waals surface area contributed by atoms with Crippen LogP contribution in [0.15, 0.2) is 35.0 Å². The molecule has 1 fully saturated rings. The third-order valence-corrected chi connectivity index (χ3v) is 5.68. The largest absolute Gasteiger partial charge is 0.454 e. The van der Waals surface area contributed by atoms with E-state index in [0.717, 1.165) is 10.5 Å². The number of thiophene rings is 1. The number of amides is 4. The molecule has 146 valence electrons. The van der Waals surface area contributed by atoms with Crippen molar-refractivity contribution in [2.45, 2.75) is 19.0 Å². The number of ether oxygens (including phenoxy) is 2. The number of carbonyl (C=O) groups is 3. The van der Waals surface area contributed by atoms with Gasteiger partial charge in [0.2, 0.25) is 12.7 Å². The summed E-state index contributed by atoms with van der Waals surface area (Å²) in [5.74, 6) is 0.315. The van der Waals surface area contributed by atoms with Crippen LogP contribution in [0, 0.1) is 0 Å². The highest BCUT2D eigenvalue weighted by Gasteiger charge is 2.50. The van der Waals surface area contributed by atoms with E-state index in [0.29, 0.717) is 23.6 Å². The molecule has 1 aromatic heterocycles. The maximum absolute atomic E-state index is 13.0. The second-order valence-electron chi connectivity index (χ2n) is 6.90. The normalized spacial score (nSPS) is 20.4. The number of hydrogen-bond acceptors (Lipinski definition) is 6. The van der Waals surface area contributed by atoms with E-state index in [9.17, 15) is 14.4 Å². The van der Waals surface area contributed by atoms with Crippen LogP contribution in [0.3, 0.4) is 0 Å². The Morgan fingerprint density at radius 2 is 2.07 bits per heavy atom. The Hall–Kier alpha value is -3.07. The number of hydrogen-bond donors (Lipinski definition) is 1. The fourth-order valence-electron chi connectivity index (χ4n) is 3.24. The standard InChI is InChI=1S/C19H19N3O5S/c1-19(13-3-4-14-15(7-13)27-11-26-14)17(24)22(18(25)20-19)9-16(23)21(2)8-12-5-6-28-10-12/h3-7,10H,8-9,11H2,1-2H3,(H,20,25)/t19-/m0/s1. The summed E-state index contributed by atoms with van der Waals surface area (Å²) in [6.07, 6.45) is 0. The van der Waals surface area contributed by atoms with E-state index in [4.69, 9.17) is 9.47 Å². The lowest BCUT2D eigenvalue weighted by Gasteiger charge is -2.23. The topological polar surface area (TPSA) is 88.2 Å². The first-order valence-corrected chi connectivity index (χ1v) is 9.62. The van der Waals surface area contributed by atoms with Gasteiger partial charge in [0.15, 0.2) is 11.5 Å². The third-order valence-electron chi connectivity index (χ3n) is 4.94. The van der Waals surface area contributed by atoms with Gasteiger partial charge in [-0.2, -0.15) is 11.3 Å². The van der Waals surface area contributed by atoms with E-state index in [-0.39, 0.29) is 19.2 Å². The number of urea groups is 1. The first-order valence-electron chi connectivity index (χ1n) is 8.68. The van der Waals surface area contributed by atoms with Crippen molar-refractivity contribution in [1.29, 1.82) is 0 Å². The molecule has 4 amide bonds. The number of benzene rings is 1. The number of rotatable bonds is 5. The van der Waals surface area contributed by atoms with Crippen LogP contribution in [0.4, 0.5) is 4.79 Å². The van der Waals surface area contributed by atoms with Gasteiger partial charge in [-0.3, -0.25) is 14.5 Å². The molecule has 28 heavy (non-hydrogen) atoms. The van der Waals surface area contributed by atoms with Crippen molar-refractivity contribution in [3.05, 3.63) is 46.2 Å². The molecule has 2 aromatic rings. The predicted molar refractivity (Wildman–Crippen MR) is 101 cm³/mol. The van der Waals surface area contributed by atoms with Gasteiger partial charge in [-0.1, -0.05) is 6.07 Å². The summed E-state index contributed by atoms with van der Waals surface area (Å²) in [5, 5.41) is 6.58. The lowest BCUT2D eigenvalue weighted by molar-refractivity contribution is -0.138. The van der Waals surface area contributed by atoms with Crippen LogP contribution >= 0.6 is 11.3 Å². The van der Waals surface area contributed by atoms with Crippen LogP contribution < -0.4 is 14.8 Å². The van der Waals surface area contributed by atoms with Gasteiger partial charge in [0.05, 0.1) is 0 Å². The monoisotopic (exact) mass is 401 g/mol. The number of nitrogens with zero attached hydrogens (tertiary/aromatic N) is 2. The number of nitrogens with one attached hydrogen (secondary N) is 1. The first kappa shape index (κ1) is 18.3. The Morgan fingerprint density at radius 3 is 2.82 bits per heavy atom. The molecule has 0 saturated carbocycles. The second kappa shape index (κ2) is 6.83. The van der Waals surface area contributed by atoms with E-state index in [1.54, 1.807) is 43.5 Å². The van der Waals surface area contributed by atoms with E-state index in [2.05, 4.69) is 5.32 Å². The van der Waals surface area contributed by atoms with Crippen LogP contribution in [-0.2, 0) is 21.7 Å². The van der Waals surface area contributed by atoms with Crippen LogP contribution in [0.25, 0.3) is 0 Å². The van der Waals surface area contributed by atoms with Gasteiger partial charge in [-0.05, 0) is 47.0 Å². The average Bonchev–Trinajstić information content (AvgIpc) is 3.39. The Morgan fingerprint density at radius 1 is 1.29 bits per heavy atom. The minimum atomic E-state index is -1.27. The van der Waals surface area contributed by atoms with Crippen molar-refractivity contribution >= 4 is 29.2 Å². The molecule has 4 rings (SSSR count). The minimum Gasteiger partial charge on any atom is -0.454 e. The van der Waals surface area contributed by atoms with Crippen molar-refractivity contribution in [2.75, 3.05) is 20.4 Å². The van der Waals surface area contributed by atoms with Gasteiger partial charge < -0.3 is 19.7 Å². The van der Waals surface area contributed by atoms with E-state index >= 15 is 0 Å². The maximum Gasteiger partial charge on any atom is 0.325 e. The minimum absolute atomic E-state index is 0.118. The average molecular weight is 401 g/mol. The number of fused-ring (bicyclic) bond motifs is 1. The van der Waals surface area contributed by atoms with Gasteiger partial charge >= 0.3 is 6.03 Å². The molecule has 1 aromatic carbocycles. The third kappa shape index (κ3) is 3.07. The Labute approximate surface area is 165 Å². The number of imide groups is 1. The summed E-state index contributed by atoms with van der Waals surface area (Å²) in [5.41, 5.74) is 0.296. The summed E-state index contributed by atoms with van der Waals surface area (Å²) < 4.78 is 10.6. The van der Waals surface area contributed by atoms with Gasteiger partial charge in [-0.25, -0.2) is 4.79 Å². The van der Waals surface area contributed by atoms with Crippen molar-refractivity contribution in [2.24, 2.45) is 0 Å². The molecule has 1 N–H and O–H groups in total. The van der Waals surface area contributed by atoms with Gasteiger partial charge in [0, 0.05) is 13.6 Å². The predicted octanol–water partition coefficient (Wildman–Crippen LogP) is 1.90. The lowest BCUT2D eigenvalue weighted by Crippen LogP contribution is -2.43. The summed E-state index contributed by atoms with van der Waals surface area (Å²) in [4.78, 5) is 40.5. The van der Waals surface area contributed by atoms with E-state index in [1.165, 1.54) is 4.90 Å². The highest BCUT2D eigenvalue weighted by molar-refractivity contribution is 7.07. The van der Waals surface area contributed by atoms with Crippen molar-refractivity contribution in [1.82, 2.24) is 15.1 Å². The molecule has 0 radical (unpaired) electrons. The molecule has 1 saturated heterocycles. The zero-order valence-electron chi connectivity index (χ0n) is 15.4. The van der Waals surface area contributed by atoms with Gasteiger partial charge in [0.25, 0.3) is 5.91 Å². The zero-order valence-corrected chi connectivity index (χ0v) is 16.2. The van der Waals surface area contributed by atoms with Crippen LogP contribution in [0.5, 0.6) is 11.5 Å². The highest BCUT2D eigenvalue weighted by atomic mass is 32.1. The zero-order chi connectivity index (χ0) is 19.9. The molecule has 0 aliphatic carbocycles. The van der Waals surface area contributed by atoms with E-state index < -0.39 is 17.5 Å². The van der Waals surface area contributed by atoms with Crippen molar-refractivity contribution in [3.63, 3.8) is 0 Å². The first-order chi connectivity index (χ1) is 13.4. The molecule has 9 heteroatoms. The van der Waals surface area contributed by atoms with Crippen LogP contribution in [0.2, 0.25) is 0 Å². The Balaban J connectivity index is 1.49. The maximum atomic E-state index is 13.0. The number of carbonyl (C=O) groups excluding carboxylic acids is 3. The Kier molecular flexibility index (Phi) is 4.46. The van der Waals surface area contributed by atoms with Crippen LogP contribution in [-0.4, -0.2) is 48.0 Å². The molecule has 0 bridgehead atoms. The SMILES string of the molecule is CN(Cc1ccsc1)C(=O)CN1C(=O)N[C@@](C)(c2ccc3c(c2)OCO3)C1=O. The highest BCUT2D eigenvalue weighted by Crippen LogP contribution is 2.37. The molecule has 2 aliphatic heterocycles. The van der Waals surface area contributed by atoms with Crippen molar-refractivity contribution < 1.29 is 23.9 Å². The summed E-state index contributed by atoms with van der Waals surface area (Å²) in [6.45, 7) is 1.84. The fourth-order valence-corrected chi connectivity index (χ4v) is 3.90. The molecular weight excluding hydrogens is 382 g/mol. The lowest BCUT2D eigenvalue weighted by atomic mass is 9.91. The number of likely N-dealkylation sites (N-methyl/N-ethyl adjacent to an activating group) is 1. The molecule has 0 unspecified atom stereocenters. The smallest absolute Gasteiger partial charge is 0.325 e. The van der Waals surface area contributed by atoms with Gasteiger partial charge in [-0.15, -0.1) is 0 Å². The molecule has 2 aliphatic rings. The Bertz CT molecular complexity index is 945. The van der Waals surface area contributed by atoms with Gasteiger partial charge in [0.1, 0.15) is 12.1 Å². The quantitative estimate of drug-likeness (QED) is 0.773. The summed E-state index contributed by atoms with van der Waals surface area (Å²) >= 11 is 1.55. The summed E-state index contributed by atoms with van der Waals surface area (Å²) in [7, 11) is 1.65. The molecular formula is C19H19N3O5S. The second-order valence-corrected chi connectivity index (χ2v) is 7.68. The molecule has 8 nitrogen and oxygen atoms in total. The van der Waals surface area contributed by atoms with Crippen molar-refractivity contribution in [3.8, 4) is 11.5 Å². The molecule has 1 atom stereocenters. The van der Waals surface area contributed by atoms with E-state index in [1.807, 2.05) is 16.8 Å². The molecule has 3 heterocycles. The van der Waals surface area contributed by atoms with Crippen LogP contribution in [0.1, 0.15) is 18.1 Å². The molecule has 0 spiro atoms. The fraction of sp³-hybridized carbons (Fsp3) is 0.316.